The Morgan fingerprint density at radius 3 is 2.80 bits per heavy atom. The summed E-state index contributed by atoms with van der Waals surface area (Å²) < 4.78 is 10.3. The maximum absolute atomic E-state index is 10.8. The van der Waals surface area contributed by atoms with E-state index in [4.69, 9.17) is 9.47 Å². The Kier molecular flexibility index (Phi) is 7.79. The van der Waals surface area contributed by atoms with Gasteiger partial charge in [-0.05, 0) is 12.0 Å². The van der Waals surface area contributed by atoms with E-state index >= 15 is 0 Å². The van der Waals surface area contributed by atoms with Gasteiger partial charge in [0.2, 0.25) is 0 Å². The molecule has 20 heavy (non-hydrogen) atoms. The van der Waals surface area contributed by atoms with Crippen LogP contribution in [0.1, 0.15) is 24.9 Å². The second-order valence-electron chi connectivity index (χ2n) is 4.37. The third-order valence-electron chi connectivity index (χ3n) is 2.96. The zero-order valence-electron chi connectivity index (χ0n) is 12.0. The molecule has 1 aromatic carbocycles. The normalized spacial score (nSPS) is 12.3. The van der Waals surface area contributed by atoms with Gasteiger partial charge >= 0.3 is 0 Å². The summed E-state index contributed by atoms with van der Waals surface area (Å²) in [7, 11) is 1.64. The van der Waals surface area contributed by atoms with Gasteiger partial charge in [-0.15, -0.1) is 0 Å². The highest BCUT2D eigenvalue weighted by atomic mass is 16.6. The van der Waals surface area contributed by atoms with Gasteiger partial charge in [-0.3, -0.25) is 10.1 Å². The van der Waals surface area contributed by atoms with Crippen LogP contribution in [-0.4, -0.2) is 38.4 Å². The SMILES string of the molecule is CCC(NCCOCCOC)c1cccc([N+](=O)[O-])c1. The number of rotatable bonds is 10. The molecule has 1 rings (SSSR count). The number of nitrogens with zero attached hydrogens (tertiary/aromatic N) is 1. The Bertz CT molecular complexity index is 412. The van der Waals surface area contributed by atoms with E-state index in [1.807, 2.05) is 13.0 Å². The van der Waals surface area contributed by atoms with E-state index in [1.54, 1.807) is 19.2 Å². The molecule has 6 heteroatoms. The molecule has 0 saturated carbocycles. The van der Waals surface area contributed by atoms with Gasteiger partial charge < -0.3 is 14.8 Å². The number of non-ortho nitro benzene ring substituents is 1. The lowest BCUT2D eigenvalue weighted by atomic mass is 10.0. The van der Waals surface area contributed by atoms with Gasteiger partial charge in [0.25, 0.3) is 5.69 Å². The van der Waals surface area contributed by atoms with Crippen LogP contribution in [0.3, 0.4) is 0 Å². The molecule has 0 aliphatic heterocycles. The van der Waals surface area contributed by atoms with E-state index in [1.165, 1.54) is 6.07 Å². The van der Waals surface area contributed by atoms with Crippen molar-refractivity contribution in [1.29, 1.82) is 0 Å². The molecule has 0 spiro atoms. The Labute approximate surface area is 119 Å². The number of benzene rings is 1. The molecule has 0 heterocycles. The van der Waals surface area contributed by atoms with Crippen molar-refractivity contribution in [2.24, 2.45) is 0 Å². The lowest BCUT2D eigenvalue weighted by Gasteiger charge is -2.17. The third-order valence-corrected chi connectivity index (χ3v) is 2.96. The van der Waals surface area contributed by atoms with Crippen molar-refractivity contribution in [1.82, 2.24) is 5.32 Å². The number of methoxy groups -OCH3 is 1. The predicted molar refractivity (Wildman–Crippen MR) is 76.8 cm³/mol. The van der Waals surface area contributed by atoms with Crippen molar-refractivity contribution < 1.29 is 14.4 Å². The number of ether oxygens (including phenoxy) is 2. The molecule has 1 atom stereocenters. The summed E-state index contributed by atoms with van der Waals surface area (Å²) in [5.74, 6) is 0. The average molecular weight is 282 g/mol. The Balaban J connectivity index is 2.45. The van der Waals surface area contributed by atoms with Crippen LogP contribution in [0.4, 0.5) is 5.69 Å². The first kappa shape index (κ1) is 16.6. The van der Waals surface area contributed by atoms with Gasteiger partial charge in [0.1, 0.15) is 0 Å². The second kappa shape index (κ2) is 9.41. The maximum atomic E-state index is 10.8. The van der Waals surface area contributed by atoms with Gasteiger partial charge in [-0.2, -0.15) is 0 Å². The Morgan fingerprint density at radius 1 is 1.35 bits per heavy atom. The lowest BCUT2D eigenvalue weighted by Crippen LogP contribution is -2.25. The zero-order valence-corrected chi connectivity index (χ0v) is 12.0. The topological polar surface area (TPSA) is 73.6 Å². The highest BCUT2D eigenvalue weighted by Crippen LogP contribution is 2.21. The van der Waals surface area contributed by atoms with Crippen LogP contribution in [0, 0.1) is 10.1 Å². The molecule has 0 fully saturated rings. The molecule has 112 valence electrons. The first-order chi connectivity index (χ1) is 9.69. The van der Waals surface area contributed by atoms with Gasteiger partial charge in [-0.25, -0.2) is 0 Å². The van der Waals surface area contributed by atoms with Crippen LogP contribution >= 0.6 is 0 Å². The molecular formula is C14H22N2O4. The van der Waals surface area contributed by atoms with Crippen molar-refractivity contribution in [3.63, 3.8) is 0 Å². The maximum Gasteiger partial charge on any atom is 0.269 e. The van der Waals surface area contributed by atoms with Gasteiger partial charge in [0.15, 0.2) is 0 Å². The van der Waals surface area contributed by atoms with E-state index in [9.17, 15) is 10.1 Å². The molecule has 0 saturated heterocycles. The van der Waals surface area contributed by atoms with Gasteiger partial charge in [0.05, 0.1) is 24.7 Å². The number of nitro benzene ring substituents is 1. The summed E-state index contributed by atoms with van der Waals surface area (Å²) in [5.41, 5.74) is 1.05. The minimum atomic E-state index is -0.371. The molecule has 0 aliphatic carbocycles. The molecule has 0 amide bonds. The zero-order chi connectivity index (χ0) is 14.8. The van der Waals surface area contributed by atoms with E-state index < -0.39 is 0 Å². The fourth-order valence-electron chi connectivity index (χ4n) is 1.90. The van der Waals surface area contributed by atoms with Crippen molar-refractivity contribution in [2.75, 3.05) is 33.5 Å². The summed E-state index contributed by atoms with van der Waals surface area (Å²) in [6.45, 7) is 4.50. The number of nitro groups is 1. The minimum absolute atomic E-state index is 0.0981. The van der Waals surface area contributed by atoms with Gasteiger partial charge in [-0.1, -0.05) is 19.1 Å². The first-order valence-electron chi connectivity index (χ1n) is 6.73. The van der Waals surface area contributed by atoms with Crippen LogP contribution in [-0.2, 0) is 9.47 Å². The second-order valence-corrected chi connectivity index (χ2v) is 4.37. The van der Waals surface area contributed by atoms with Crippen molar-refractivity contribution >= 4 is 5.69 Å². The molecule has 1 N–H and O–H groups in total. The third kappa shape index (κ3) is 5.64. The quantitative estimate of drug-likeness (QED) is 0.405. The molecule has 0 aliphatic rings. The average Bonchev–Trinajstić information content (AvgIpc) is 2.46. The molecular weight excluding hydrogens is 260 g/mol. The van der Waals surface area contributed by atoms with Crippen LogP contribution in [0.15, 0.2) is 24.3 Å². The fraction of sp³-hybridized carbons (Fsp3) is 0.571. The smallest absolute Gasteiger partial charge is 0.269 e. The number of nitrogens with one attached hydrogen (secondary N) is 1. The van der Waals surface area contributed by atoms with E-state index in [2.05, 4.69) is 5.32 Å². The number of hydrogen-bond acceptors (Lipinski definition) is 5. The molecule has 0 bridgehead atoms. The van der Waals surface area contributed by atoms with Crippen LogP contribution in [0.2, 0.25) is 0 Å². The van der Waals surface area contributed by atoms with Crippen molar-refractivity contribution in [3.05, 3.63) is 39.9 Å². The Morgan fingerprint density at radius 2 is 2.15 bits per heavy atom. The summed E-state index contributed by atoms with van der Waals surface area (Å²) in [4.78, 5) is 10.4. The Hall–Kier alpha value is -1.50. The molecule has 1 unspecified atom stereocenters. The van der Waals surface area contributed by atoms with E-state index in [0.717, 1.165) is 12.0 Å². The molecule has 6 nitrogen and oxygen atoms in total. The van der Waals surface area contributed by atoms with Crippen molar-refractivity contribution in [2.45, 2.75) is 19.4 Å². The molecule has 0 radical (unpaired) electrons. The standard InChI is InChI=1S/C14H22N2O4/c1-3-14(15-7-8-20-10-9-19-2)12-5-4-6-13(11-12)16(17)18/h4-6,11,14-15H,3,7-10H2,1-2H3. The predicted octanol–water partition coefficient (Wildman–Crippen LogP) is 2.30. The largest absolute Gasteiger partial charge is 0.382 e. The molecule has 1 aromatic rings. The molecule has 0 aromatic heterocycles. The van der Waals surface area contributed by atoms with Crippen LogP contribution in [0.25, 0.3) is 0 Å². The minimum Gasteiger partial charge on any atom is -0.382 e. The summed E-state index contributed by atoms with van der Waals surface area (Å²) in [6, 6.07) is 6.84. The highest BCUT2D eigenvalue weighted by molar-refractivity contribution is 5.35. The van der Waals surface area contributed by atoms with Crippen LogP contribution in [0.5, 0.6) is 0 Å². The van der Waals surface area contributed by atoms with Crippen molar-refractivity contribution in [3.8, 4) is 0 Å². The van der Waals surface area contributed by atoms with Gasteiger partial charge in [0, 0.05) is 31.8 Å². The fourth-order valence-corrected chi connectivity index (χ4v) is 1.90. The lowest BCUT2D eigenvalue weighted by molar-refractivity contribution is -0.384. The van der Waals surface area contributed by atoms with E-state index in [0.29, 0.717) is 26.4 Å². The first-order valence-corrected chi connectivity index (χ1v) is 6.73. The monoisotopic (exact) mass is 282 g/mol. The van der Waals surface area contributed by atoms with E-state index in [-0.39, 0.29) is 16.7 Å². The summed E-state index contributed by atoms with van der Waals surface area (Å²) in [6.07, 6.45) is 0.860. The summed E-state index contributed by atoms with van der Waals surface area (Å²) >= 11 is 0. The summed E-state index contributed by atoms with van der Waals surface area (Å²) in [5, 5.41) is 14.1. The highest BCUT2D eigenvalue weighted by Gasteiger charge is 2.12. The van der Waals surface area contributed by atoms with Crippen LogP contribution < -0.4 is 5.32 Å². The number of hydrogen-bond donors (Lipinski definition) is 1.